The van der Waals surface area contributed by atoms with Gasteiger partial charge in [-0.25, -0.2) is 8.42 Å². The summed E-state index contributed by atoms with van der Waals surface area (Å²) in [6, 6.07) is 7.02. The molecule has 2 aromatic carbocycles. The highest BCUT2D eigenvalue weighted by molar-refractivity contribution is 7.90. The lowest BCUT2D eigenvalue weighted by Crippen LogP contribution is -2.14. The second-order valence-electron chi connectivity index (χ2n) is 5.13. The number of sulfone groups is 1. The number of nitro groups is 1. The molecule has 0 heterocycles. The fourth-order valence-electron chi connectivity index (χ4n) is 2.01. The summed E-state index contributed by atoms with van der Waals surface area (Å²) in [5.74, 6) is -1.67. The summed E-state index contributed by atoms with van der Waals surface area (Å²) in [6.07, 6.45) is 1.02. The smallest absolute Gasteiger partial charge is 0.306 e. The molecule has 0 fully saturated rings. The molecule has 9 heteroatoms. The van der Waals surface area contributed by atoms with Crippen LogP contribution in [-0.2, 0) is 9.84 Å². The molecule has 7 nitrogen and oxygen atoms in total. The Morgan fingerprint density at radius 2 is 1.88 bits per heavy atom. The van der Waals surface area contributed by atoms with Gasteiger partial charge in [-0.1, -0.05) is 6.07 Å². The predicted octanol–water partition coefficient (Wildman–Crippen LogP) is 2.70. The Morgan fingerprint density at radius 3 is 2.46 bits per heavy atom. The van der Waals surface area contributed by atoms with E-state index in [0.717, 1.165) is 18.4 Å². The highest BCUT2D eigenvalue weighted by atomic mass is 32.2. The summed E-state index contributed by atoms with van der Waals surface area (Å²) in [7, 11) is -3.49. The molecule has 0 aliphatic rings. The number of hydrogen-bond donors (Lipinski definition) is 1. The average Bonchev–Trinajstić information content (AvgIpc) is 2.48. The van der Waals surface area contributed by atoms with Crippen molar-refractivity contribution in [2.24, 2.45) is 0 Å². The minimum atomic E-state index is -3.49. The number of carbonyl (C=O) groups is 1. The number of benzene rings is 2. The first-order valence-corrected chi connectivity index (χ1v) is 8.55. The van der Waals surface area contributed by atoms with E-state index in [1.807, 2.05) is 0 Å². The Morgan fingerprint density at radius 1 is 1.21 bits per heavy atom. The lowest BCUT2D eigenvalue weighted by molar-refractivity contribution is -0.387. The van der Waals surface area contributed by atoms with Crippen LogP contribution in [-0.4, -0.2) is 25.5 Å². The van der Waals surface area contributed by atoms with E-state index in [0.29, 0.717) is 5.56 Å². The molecular weight excluding hydrogens is 339 g/mol. The van der Waals surface area contributed by atoms with Gasteiger partial charge in [-0.2, -0.15) is 4.39 Å². The van der Waals surface area contributed by atoms with Gasteiger partial charge in [0, 0.05) is 23.6 Å². The molecule has 1 N–H and O–H groups in total. The van der Waals surface area contributed by atoms with Crippen LogP contribution in [0.15, 0.2) is 41.3 Å². The maximum absolute atomic E-state index is 13.3. The number of nitro benzene ring substituents is 1. The Bertz CT molecular complexity index is 941. The van der Waals surface area contributed by atoms with Crippen LogP contribution in [0.3, 0.4) is 0 Å². The van der Waals surface area contributed by atoms with Crippen molar-refractivity contribution in [3.8, 4) is 0 Å². The van der Waals surface area contributed by atoms with Crippen LogP contribution in [0, 0.1) is 22.9 Å². The second-order valence-corrected chi connectivity index (χ2v) is 7.14. The highest BCUT2D eigenvalue weighted by Gasteiger charge is 2.18. The molecule has 2 aromatic rings. The van der Waals surface area contributed by atoms with Gasteiger partial charge in [0.05, 0.1) is 9.82 Å². The van der Waals surface area contributed by atoms with E-state index in [4.69, 9.17) is 0 Å². The monoisotopic (exact) mass is 352 g/mol. The first-order valence-electron chi connectivity index (χ1n) is 6.65. The van der Waals surface area contributed by atoms with Crippen molar-refractivity contribution in [1.29, 1.82) is 0 Å². The van der Waals surface area contributed by atoms with Gasteiger partial charge < -0.3 is 5.32 Å². The van der Waals surface area contributed by atoms with E-state index in [9.17, 15) is 27.7 Å². The van der Waals surface area contributed by atoms with Crippen molar-refractivity contribution in [1.82, 2.24) is 0 Å². The molecule has 0 aliphatic heterocycles. The number of aryl methyl sites for hydroxylation is 1. The number of nitrogens with zero attached hydrogens (tertiary/aromatic N) is 1. The van der Waals surface area contributed by atoms with Gasteiger partial charge in [0.15, 0.2) is 9.84 Å². The van der Waals surface area contributed by atoms with E-state index in [1.165, 1.54) is 24.3 Å². The van der Waals surface area contributed by atoms with Crippen LogP contribution in [0.25, 0.3) is 0 Å². The largest absolute Gasteiger partial charge is 0.322 e. The molecule has 24 heavy (non-hydrogen) atoms. The maximum atomic E-state index is 13.3. The molecule has 0 aromatic heterocycles. The fourth-order valence-corrected chi connectivity index (χ4v) is 2.65. The summed E-state index contributed by atoms with van der Waals surface area (Å²) >= 11 is 0. The number of carbonyl (C=O) groups excluding carboxylic acids is 1. The highest BCUT2D eigenvalue weighted by Crippen LogP contribution is 2.23. The Kier molecular flexibility index (Phi) is 4.65. The minimum Gasteiger partial charge on any atom is -0.322 e. The zero-order valence-corrected chi connectivity index (χ0v) is 13.6. The van der Waals surface area contributed by atoms with Crippen molar-refractivity contribution < 1.29 is 22.5 Å². The summed E-state index contributed by atoms with van der Waals surface area (Å²) in [6.45, 7) is 1.62. The third-order valence-corrected chi connectivity index (χ3v) is 4.39. The van der Waals surface area contributed by atoms with Crippen molar-refractivity contribution >= 4 is 27.1 Å². The lowest BCUT2D eigenvalue weighted by atomic mass is 10.1. The van der Waals surface area contributed by atoms with Crippen LogP contribution in [0.1, 0.15) is 15.9 Å². The molecular formula is C15H13FN2O5S. The van der Waals surface area contributed by atoms with E-state index in [2.05, 4.69) is 5.32 Å². The molecule has 0 aliphatic carbocycles. The van der Waals surface area contributed by atoms with Crippen molar-refractivity contribution in [2.75, 3.05) is 11.6 Å². The number of hydrogen-bond acceptors (Lipinski definition) is 5. The van der Waals surface area contributed by atoms with Crippen molar-refractivity contribution in [3.05, 3.63) is 63.5 Å². The molecule has 2 rings (SSSR count). The maximum Gasteiger partial charge on any atom is 0.306 e. The van der Waals surface area contributed by atoms with Gasteiger partial charge >= 0.3 is 5.69 Å². The predicted molar refractivity (Wildman–Crippen MR) is 85.3 cm³/mol. The number of nitrogens with one attached hydrogen (secondary N) is 1. The quantitative estimate of drug-likeness (QED) is 0.672. The lowest BCUT2D eigenvalue weighted by Gasteiger charge is -2.09. The third kappa shape index (κ3) is 3.74. The summed E-state index contributed by atoms with van der Waals surface area (Å²) < 4.78 is 36.5. The first kappa shape index (κ1) is 17.5. The van der Waals surface area contributed by atoms with Gasteiger partial charge in [0.2, 0.25) is 5.82 Å². The molecule has 1 amide bonds. The minimum absolute atomic E-state index is 0.0247. The molecule has 0 atom stereocenters. The van der Waals surface area contributed by atoms with Gasteiger partial charge in [-0.15, -0.1) is 0 Å². The number of anilines is 1. The standard InChI is InChI=1S/C15H13FN2O5S/c1-9-3-5-11(24(2,22)23)8-12(9)15(19)17-10-4-6-13(16)14(7-10)18(20)21/h3-8H,1-2H3,(H,17,19). The normalized spacial score (nSPS) is 11.1. The molecule has 126 valence electrons. The fraction of sp³-hybridized carbons (Fsp3) is 0.133. The summed E-state index contributed by atoms with van der Waals surface area (Å²) in [5, 5.41) is 13.1. The van der Waals surface area contributed by atoms with Crippen LogP contribution < -0.4 is 5.32 Å². The van der Waals surface area contributed by atoms with Crippen LogP contribution in [0.2, 0.25) is 0 Å². The number of halogens is 1. The SMILES string of the molecule is Cc1ccc(S(C)(=O)=O)cc1C(=O)Nc1ccc(F)c([N+](=O)[O-])c1. The average molecular weight is 352 g/mol. The van der Waals surface area contributed by atoms with Crippen molar-refractivity contribution in [2.45, 2.75) is 11.8 Å². The van der Waals surface area contributed by atoms with Crippen LogP contribution in [0.4, 0.5) is 15.8 Å². The first-order chi connectivity index (χ1) is 11.1. The van der Waals surface area contributed by atoms with Crippen LogP contribution >= 0.6 is 0 Å². The van der Waals surface area contributed by atoms with E-state index in [1.54, 1.807) is 6.92 Å². The summed E-state index contributed by atoms with van der Waals surface area (Å²) in [5.41, 5.74) is -0.118. The zero-order valence-electron chi connectivity index (χ0n) is 12.7. The van der Waals surface area contributed by atoms with Gasteiger partial charge in [-0.3, -0.25) is 14.9 Å². The van der Waals surface area contributed by atoms with E-state index < -0.39 is 32.2 Å². The Labute approximate surface area is 137 Å². The van der Waals surface area contributed by atoms with Crippen molar-refractivity contribution in [3.63, 3.8) is 0 Å². The molecule has 0 bridgehead atoms. The topological polar surface area (TPSA) is 106 Å². The van der Waals surface area contributed by atoms with E-state index in [-0.39, 0.29) is 16.1 Å². The third-order valence-electron chi connectivity index (χ3n) is 3.28. The Hall–Kier alpha value is -2.81. The van der Waals surface area contributed by atoms with Gasteiger partial charge in [0.25, 0.3) is 5.91 Å². The second kappa shape index (κ2) is 6.36. The zero-order chi connectivity index (χ0) is 18.1. The summed E-state index contributed by atoms with van der Waals surface area (Å²) in [4.78, 5) is 22.1. The molecule has 0 saturated carbocycles. The molecule has 0 unspecified atom stereocenters. The molecule has 0 radical (unpaired) electrons. The number of rotatable bonds is 4. The number of amides is 1. The Balaban J connectivity index is 2.37. The van der Waals surface area contributed by atoms with Gasteiger partial charge in [0.1, 0.15) is 0 Å². The van der Waals surface area contributed by atoms with E-state index >= 15 is 0 Å². The van der Waals surface area contributed by atoms with Crippen LogP contribution in [0.5, 0.6) is 0 Å². The molecule has 0 saturated heterocycles. The van der Waals surface area contributed by atoms with Gasteiger partial charge in [-0.05, 0) is 36.8 Å². The molecule has 0 spiro atoms.